The lowest BCUT2D eigenvalue weighted by molar-refractivity contribution is 0.231. The molecule has 1 aliphatic rings. The first-order valence-electron chi connectivity index (χ1n) is 5.97. The molecule has 0 bridgehead atoms. The van der Waals surface area contributed by atoms with Crippen LogP contribution in [0, 0.1) is 12.3 Å². The Bertz CT molecular complexity index is 585. The Kier molecular flexibility index (Phi) is 1.97. The highest BCUT2D eigenvalue weighted by Crippen LogP contribution is 2.64. The molecule has 0 aliphatic heterocycles. The first-order valence-corrected chi connectivity index (χ1v) is 5.97. The lowest BCUT2D eigenvalue weighted by Gasteiger charge is -2.18. The van der Waals surface area contributed by atoms with Crippen LogP contribution >= 0.6 is 0 Å². The molecule has 1 aromatic heterocycles. The van der Waals surface area contributed by atoms with Crippen LogP contribution < -0.4 is 0 Å². The SMILES string of the molecule is Cc1nc2cc(C3(CO)CC3(C)C)ccc2o1. The Morgan fingerprint density at radius 2 is 2.12 bits per heavy atom. The van der Waals surface area contributed by atoms with Gasteiger partial charge >= 0.3 is 0 Å². The molecule has 1 aliphatic carbocycles. The van der Waals surface area contributed by atoms with E-state index in [1.807, 2.05) is 13.0 Å². The zero-order valence-electron chi connectivity index (χ0n) is 10.4. The van der Waals surface area contributed by atoms with Gasteiger partial charge in [-0.2, -0.15) is 0 Å². The molecule has 0 amide bonds. The molecule has 1 atom stereocenters. The van der Waals surface area contributed by atoms with E-state index in [1.165, 1.54) is 5.56 Å². The van der Waals surface area contributed by atoms with Crippen molar-refractivity contribution in [1.82, 2.24) is 4.98 Å². The third-order valence-corrected chi connectivity index (χ3v) is 4.23. The predicted molar refractivity (Wildman–Crippen MR) is 65.9 cm³/mol. The van der Waals surface area contributed by atoms with Crippen molar-refractivity contribution in [3.63, 3.8) is 0 Å². The van der Waals surface area contributed by atoms with Crippen molar-refractivity contribution in [3.8, 4) is 0 Å². The van der Waals surface area contributed by atoms with Gasteiger partial charge in [0, 0.05) is 12.3 Å². The van der Waals surface area contributed by atoms with Crippen LogP contribution in [0.5, 0.6) is 0 Å². The minimum absolute atomic E-state index is 0.0892. The second-order valence-corrected chi connectivity index (χ2v) is 5.72. The second-order valence-electron chi connectivity index (χ2n) is 5.72. The minimum atomic E-state index is -0.0892. The van der Waals surface area contributed by atoms with E-state index in [0.717, 1.165) is 17.5 Å². The normalized spacial score (nSPS) is 26.4. The largest absolute Gasteiger partial charge is 0.441 e. The van der Waals surface area contributed by atoms with Gasteiger partial charge in [-0.15, -0.1) is 0 Å². The van der Waals surface area contributed by atoms with Gasteiger partial charge in [0.05, 0.1) is 6.61 Å². The van der Waals surface area contributed by atoms with Gasteiger partial charge in [-0.25, -0.2) is 4.98 Å². The number of nitrogens with zero attached hydrogens (tertiary/aromatic N) is 1. The van der Waals surface area contributed by atoms with Gasteiger partial charge < -0.3 is 9.52 Å². The Hall–Kier alpha value is -1.35. The molecule has 3 heteroatoms. The van der Waals surface area contributed by atoms with Crippen molar-refractivity contribution in [1.29, 1.82) is 0 Å². The number of aryl methyl sites for hydroxylation is 1. The molecular formula is C14H17NO2. The van der Waals surface area contributed by atoms with Crippen LogP contribution in [0.25, 0.3) is 11.1 Å². The number of aliphatic hydroxyl groups is 1. The fourth-order valence-corrected chi connectivity index (χ4v) is 2.90. The number of rotatable bonds is 2. The zero-order chi connectivity index (χ0) is 12.3. The number of hydrogen-bond acceptors (Lipinski definition) is 3. The van der Waals surface area contributed by atoms with Crippen LogP contribution in [0.1, 0.15) is 31.7 Å². The van der Waals surface area contributed by atoms with Crippen LogP contribution in [-0.2, 0) is 5.41 Å². The summed E-state index contributed by atoms with van der Waals surface area (Å²) >= 11 is 0. The average Bonchev–Trinajstić information content (AvgIpc) is 2.65. The Balaban J connectivity index is 2.12. The highest BCUT2D eigenvalue weighted by molar-refractivity contribution is 5.74. The molecule has 0 spiro atoms. The topological polar surface area (TPSA) is 46.3 Å². The van der Waals surface area contributed by atoms with Gasteiger partial charge in [0.1, 0.15) is 5.52 Å². The molecule has 1 fully saturated rings. The molecule has 1 saturated carbocycles. The maximum Gasteiger partial charge on any atom is 0.192 e. The summed E-state index contributed by atoms with van der Waals surface area (Å²) in [5.74, 6) is 0.685. The molecule has 0 saturated heterocycles. The molecule has 0 radical (unpaired) electrons. The van der Waals surface area contributed by atoms with Crippen molar-refractivity contribution < 1.29 is 9.52 Å². The molecule has 1 unspecified atom stereocenters. The van der Waals surface area contributed by atoms with Gasteiger partial charge in [-0.05, 0) is 29.5 Å². The fraction of sp³-hybridized carbons (Fsp3) is 0.500. The highest BCUT2D eigenvalue weighted by Gasteiger charge is 2.61. The molecular weight excluding hydrogens is 214 g/mol. The molecule has 90 valence electrons. The molecule has 3 rings (SSSR count). The number of oxazole rings is 1. The van der Waals surface area contributed by atoms with Gasteiger partial charge in [-0.1, -0.05) is 19.9 Å². The Morgan fingerprint density at radius 3 is 2.71 bits per heavy atom. The van der Waals surface area contributed by atoms with Crippen molar-refractivity contribution in [2.24, 2.45) is 5.41 Å². The van der Waals surface area contributed by atoms with E-state index in [4.69, 9.17) is 4.42 Å². The summed E-state index contributed by atoms with van der Waals surface area (Å²) in [7, 11) is 0. The Labute approximate surface area is 100 Å². The molecule has 3 nitrogen and oxygen atoms in total. The summed E-state index contributed by atoms with van der Waals surface area (Å²) in [6, 6.07) is 6.06. The first-order chi connectivity index (χ1) is 7.98. The van der Waals surface area contributed by atoms with Crippen LogP contribution in [0.2, 0.25) is 0 Å². The van der Waals surface area contributed by atoms with Crippen LogP contribution in [-0.4, -0.2) is 16.7 Å². The third-order valence-electron chi connectivity index (χ3n) is 4.23. The summed E-state index contributed by atoms with van der Waals surface area (Å²) in [6.45, 7) is 6.44. The predicted octanol–water partition coefficient (Wildman–Crippen LogP) is 2.80. The van der Waals surface area contributed by atoms with E-state index < -0.39 is 0 Å². The summed E-state index contributed by atoms with van der Waals surface area (Å²) in [5.41, 5.74) is 2.96. The maximum atomic E-state index is 9.68. The zero-order valence-corrected chi connectivity index (χ0v) is 10.4. The second kappa shape index (κ2) is 3.10. The lowest BCUT2D eigenvalue weighted by atomic mass is 9.88. The maximum absolute atomic E-state index is 9.68. The van der Waals surface area contributed by atoms with Crippen LogP contribution in [0.15, 0.2) is 22.6 Å². The summed E-state index contributed by atoms with van der Waals surface area (Å²) in [6.07, 6.45) is 1.03. The molecule has 1 N–H and O–H groups in total. The lowest BCUT2D eigenvalue weighted by Crippen LogP contribution is -2.19. The molecule has 1 aromatic carbocycles. The monoisotopic (exact) mass is 231 g/mol. The third kappa shape index (κ3) is 1.35. The average molecular weight is 231 g/mol. The summed E-state index contributed by atoms with van der Waals surface area (Å²) in [4.78, 5) is 4.35. The van der Waals surface area contributed by atoms with E-state index in [1.54, 1.807) is 0 Å². The van der Waals surface area contributed by atoms with Crippen molar-refractivity contribution in [3.05, 3.63) is 29.7 Å². The van der Waals surface area contributed by atoms with Gasteiger partial charge in [-0.3, -0.25) is 0 Å². The minimum Gasteiger partial charge on any atom is -0.441 e. The van der Waals surface area contributed by atoms with Gasteiger partial charge in [0.25, 0.3) is 0 Å². The van der Waals surface area contributed by atoms with Crippen molar-refractivity contribution in [2.45, 2.75) is 32.6 Å². The Morgan fingerprint density at radius 1 is 1.41 bits per heavy atom. The van der Waals surface area contributed by atoms with Gasteiger partial charge in [0.2, 0.25) is 0 Å². The van der Waals surface area contributed by atoms with Crippen LogP contribution in [0.4, 0.5) is 0 Å². The number of fused-ring (bicyclic) bond motifs is 1. The number of aromatic nitrogens is 1. The first kappa shape index (κ1) is 10.8. The molecule has 17 heavy (non-hydrogen) atoms. The fourth-order valence-electron chi connectivity index (χ4n) is 2.90. The van der Waals surface area contributed by atoms with E-state index in [9.17, 15) is 5.11 Å². The van der Waals surface area contributed by atoms with Crippen molar-refractivity contribution >= 4 is 11.1 Å². The van der Waals surface area contributed by atoms with E-state index in [-0.39, 0.29) is 17.4 Å². The number of aliphatic hydroxyl groups excluding tert-OH is 1. The molecule has 2 aromatic rings. The smallest absolute Gasteiger partial charge is 0.192 e. The summed E-state index contributed by atoms with van der Waals surface area (Å²) < 4.78 is 5.47. The van der Waals surface area contributed by atoms with Crippen LogP contribution in [0.3, 0.4) is 0 Å². The van der Waals surface area contributed by atoms with Gasteiger partial charge in [0.15, 0.2) is 11.5 Å². The van der Waals surface area contributed by atoms with E-state index in [2.05, 4.69) is 31.0 Å². The number of hydrogen-bond donors (Lipinski definition) is 1. The summed E-state index contributed by atoms with van der Waals surface area (Å²) in [5, 5.41) is 9.68. The number of benzene rings is 1. The molecule has 1 heterocycles. The highest BCUT2D eigenvalue weighted by atomic mass is 16.3. The van der Waals surface area contributed by atoms with E-state index in [0.29, 0.717) is 5.89 Å². The van der Waals surface area contributed by atoms with Crippen molar-refractivity contribution in [2.75, 3.05) is 6.61 Å². The quantitative estimate of drug-likeness (QED) is 0.864. The van der Waals surface area contributed by atoms with E-state index >= 15 is 0 Å². The standard InChI is InChI=1S/C14H17NO2/c1-9-15-11-6-10(4-5-12(11)17-9)14(8-16)7-13(14,2)3/h4-6,16H,7-8H2,1-3H3.